The second-order valence-electron chi connectivity index (χ2n) is 7.75. The Hall–Kier alpha value is -2.25. The van der Waals surface area contributed by atoms with Crippen molar-refractivity contribution in [2.45, 2.75) is 45.6 Å². The maximum atomic E-state index is 13.2. The summed E-state index contributed by atoms with van der Waals surface area (Å²) in [6, 6.07) is 6.03. The molecule has 2 atom stereocenters. The van der Waals surface area contributed by atoms with Crippen molar-refractivity contribution < 1.29 is 23.9 Å². The lowest BCUT2D eigenvalue weighted by Crippen LogP contribution is -2.56. The van der Waals surface area contributed by atoms with Gasteiger partial charge in [-0.15, -0.1) is 0 Å². The van der Waals surface area contributed by atoms with Crippen molar-refractivity contribution in [2.75, 3.05) is 19.7 Å². The summed E-state index contributed by atoms with van der Waals surface area (Å²) in [5.41, 5.74) is 1.71. The van der Waals surface area contributed by atoms with E-state index in [-0.39, 0.29) is 24.9 Å². The number of aryl methyl sites for hydroxylation is 2. The molecule has 1 fully saturated rings. The molecule has 2 aromatic rings. The fourth-order valence-corrected chi connectivity index (χ4v) is 4.00. The Kier molecular flexibility index (Phi) is 6.15. The molecular weight excluding hydrogens is 363 g/mol. The molecule has 1 saturated heterocycles. The third kappa shape index (κ3) is 4.25. The van der Waals surface area contributed by atoms with Gasteiger partial charge in [-0.1, -0.05) is 17.3 Å². The number of benzene rings is 1. The van der Waals surface area contributed by atoms with E-state index >= 15 is 0 Å². The lowest BCUT2D eigenvalue weighted by atomic mass is 9.73. The van der Waals surface area contributed by atoms with Crippen molar-refractivity contribution in [1.82, 2.24) is 10.1 Å². The second-order valence-corrected chi connectivity index (χ2v) is 7.75. The SMILES string of the molecule is Cc1noc(C)c1CCC(=O)N1CC[C@H](O)[C@@](CO)(Cc2ccc(F)cc2)C1. The van der Waals surface area contributed by atoms with Gasteiger partial charge in [-0.25, -0.2) is 4.39 Å². The molecule has 2 N–H and O–H groups in total. The lowest BCUT2D eigenvalue weighted by molar-refractivity contribution is -0.141. The molecule has 28 heavy (non-hydrogen) atoms. The normalized spacial score (nSPS) is 22.5. The first-order valence-electron chi connectivity index (χ1n) is 9.57. The summed E-state index contributed by atoms with van der Waals surface area (Å²) < 4.78 is 18.3. The van der Waals surface area contributed by atoms with Crippen LogP contribution in [-0.4, -0.2) is 52.0 Å². The Labute approximate surface area is 164 Å². The predicted molar refractivity (Wildman–Crippen MR) is 101 cm³/mol. The van der Waals surface area contributed by atoms with Crippen molar-refractivity contribution in [3.05, 3.63) is 52.7 Å². The van der Waals surface area contributed by atoms with Crippen molar-refractivity contribution in [3.63, 3.8) is 0 Å². The first-order valence-corrected chi connectivity index (χ1v) is 9.57. The third-order valence-electron chi connectivity index (χ3n) is 5.79. The van der Waals surface area contributed by atoms with Crippen LogP contribution < -0.4 is 0 Å². The Morgan fingerprint density at radius 1 is 1.36 bits per heavy atom. The zero-order valence-corrected chi connectivity index (χ0v) is 16.3. The van der Waals surface area contributed by atoms with Crippen LogP contribution in [0.2, 0.25) is 0 Å². The van der Waals surface area contributed by atoms with Crippen molar-refractivity contribution >= 4 is 5.91 Å². The van der Waals surface area contributed by atoms with Crippen LogP contribution in [0.25, 0.3) is 0 Å². The Morgan fingerprint density at radius 3 is 2.68 bits per heavy atom. The number of carbonyl (C=O) groups is 1. The van der Waals surface area contributed by atoms with Crippen LogP contribution in [0, 0.1) is 25.1 Å². The minimum absolute atomic E-state index is 0.0242. The molecule has 1 amide bonds. The van der Waals surface area contributed by atoms with E-state index < -0.39 is 11.5 Å². The van der Waals surface area contributed by atoms with Gasteiger partial charge in [-0.05, 0) is 50.8 Å². The van der Waals surface area contributed by atoms with Gasteiger partial charge in [0.25, 0.3) is 0 Å². The van der Waals surface area contributed by atoms with E-state index in [0.29, 0.717) is 32.2 Å². The number of aliphatic hydroxyl groups excluding tert-OH is 2. The monoisotopic (exact) mass is 390 g/mol. The number of hydrogen-bond donors (Lipinski definition) is 2. The second kappa shape index (κ2) is 8.41. The fourth-order valence-electron chi connectivity index (χ4n) is 4.00. The quantitative estimate of drug-likeness (QED) is 0.790. The van der Waals surface area contributed by atoms with Gasteiger partial charge in [0.1, 0.15) is 11.6 Å². The predicted octanol–water partition coefficient (Wildman–Crippen LogP) is 2.18. The van der Waals surface area contributed by atoms with E-state index in [9.17, 15) is 19.4 Å². The highest BCUT2D eigenvalue weighted by atomic mass is 19.1. The summed E-state index contributed by atoms with van der Waals surface area (Å²) in [5, 5.41) is 24.6. The minimum atomic E-state index is -0.852. The zero-order valence-electron chi connectivity index (χ0n) is 16.3. The van der Waals surface area contributed by atoms with Gasteiger partial charge in [-0.2, -0.15) is 0 Å². The molecule has 2 heterocycles. The first-order chi connectivity index (χ1) is 13.3. The van der Waals surface area contributed by atoms with Gasteiger partial charge < -0.3 is 19.6 Å². The number of halogens is 1. The smallest absolute Gasteiger partial charge is 0.222 e. The average Bonchev–Trinajstić information content (AvgIpc) is 3.01. The molecule has 1 aromatic carbocycles. The van der Waals surface area contributed by atoms with Crippen molar-refractivity contribution in [3.8, 4) is 0 Å². The number of amides is 1. The molecule has 6 nitrogen and oxygen atoms in total. The Bertz CT molecular complexity index is 801. The highest BCUT2D eigenvalue weighted by molar-refractivity contribution is 5.76. The molecule has 7 heteroatoms. The standard InChI is InChI=1S/C21H27FN2O4/c1-14-18(15(2)28-23-14)7-8-20(27)24-10-9-19(26)21(12-24,13-25)11-16-3-5-17(22)6-4-16/h3-6,19,25-26H,7-13H2,1-2H3/t19-,21-/m0/s1. The number of likely N-dealkylation sites (tertiary alicyclic amines) is 1. The van der Waals surface area contributed by atoms with Crippen LogP contribution in [0.1, 0.15) is 35.4 Å². The van der Waals surface area contributed by atoms with E-state index in [0.717, 1.165) is 22.6 Å². The van der Waals surface area contributed by atoms with Gasteiger partial charge in [0.2, 0.25) is 5.91 Å². The van der Waals surface area contributed by atoms with E-state index in [1.54, 1.807) is 17.0 Å². The van der Waals surface area contributed by atoms with Crippen molar-refractivity contribution in [2.24, 2.45) is 5.41 Å². The average molecular weight is 390 g/mol. The molecule has 1 aromatic heterocycles. The lowest BCUT2D eigenvalue weighted by Gasteiger charge is -2.45. The van der Waals surface area contributed by atoms with Crippen LogP contribution in [-0.2, 0) is 17.6 Å². The highest BCUT2D eigenvalue weighted by Crippen LogP contribution is 2.34. The molecule has 1 aliphatic heterocycles. The molecule has 0 spiro atoms. The van der Waals surface area contributed by atoms with Crippen LogP contribution in [0.4, 0.5) is 4.39 Å². The van der Waals surface area contributed by atoms with Crippen LogP contribution >= 0.6 is 0 Å². The molecule has 0 bridgehead atoms. The van der Waals surface area contributed by atoms with E-state index in [2.05, 4.69) is 5.16 Å². The van der Waals surface area contributed by atoms with Gasteiger partial charge in [0, 0.05) is 30.5 Å². The number of nitrogens with zero attached hydrogens (tertiary/aromatic N) is 2. The highest BCUT2D eigenvalue weighted by Gasteiger charge is 2.43. The van der Waals surface area contributed by atoms with Crippen LogP contribution in [0.3, 0.4) is 0 Å². The minimum Gasteiger partial charge on any atom is -0.396 e. The van der Waals surface area contributed by atoms with Gasteiger partial charge in [0.05, 0.1) is 18.4 Å². The van der Waals surface area contributed by atoms with E-state index in [1.165, 1.54) is 12.1 Å². The van der Waals surface area contributed by atoms with Gasteiger partial charge in [-0.3, -0.25) is 4.79 Å². The maximum Gasteiger partial charge on any atom is 0.222 e. The van der Waals surface area contributed by atoms with Crippen LogP contribution in [0.5, 0.6) is 0 Å². The van der Waals surface area contributed by atoms with Gasteiger partial charge >= 0.3 is 0 Å². The summed E-state index contributed by atoms with van der Waals surface area (Å²) in [7, 11) is 0. The molecule has 152 valence electrons. The Balaban J connectivity index is 1.69. The summed E-state index contributed by atoms with van der Waals surface area (Å²) >= 11 is 0. The number of aromatic nitrogens is 1. The van der Waals surface area contributed by atoms with Crippen LogP contribution in [0.15, 0.2) is 28.8 Å². The Morgan fingerprint density at radius 2 is 2.07 bits per heavy atom. The topological polar surface area (TPSA) is 86.8 Å². The fraction of sp³-hybridized carbons (Fsp3) is 0.524. The molecule has 0 aliphatic carbocycles. The number of hydrogen-bond acceptors (Lipinski definition) is 5. The summed E-state index contributed by atoms with van der Waals surface area (Å²) in [6.07, 6.45) is 0.909. The zero-order chi connectivity index (χ0) is 20.3. The summed E-state index contributed by atoms with van der Waals surface area (Å²) in [4.78, 5) is 14.5. The summed E-state index contributed by atoms with van der Waals surface area (Å²) in [6.45, 7) is 4.15. The number of aliphatic hydroxyl groups is 2. The third-order valence-corrected chi connectivity index (χ3v) is 5.79. The largest absolute Gasteiger partial charge is 0.396 e. The molecule has 0 saturated carbocycles. The number of piperidine rings is 1. The molecular formula is C21H27FN2O4. The summed E-state index contributed by atoms with van der Waals surface area (Å²) in [5.74, 6) is 0.367. The van der Waals surface area contributed by atoms with Gasteiger partial charge in [0.15, 0.2) is 0 Å². The molecule has 1 aliphatic rings. The van der Waals surface area contributed by atoms with Crippen molar-refractivity contribution in [1.29, 1.82) is 0 Å². The number of carbonyl (C=O) groups excluding carboxylic acids is 1. The molecule has 0 radical (unpaired) electrons. The molecule has 0 unspecified atom stereocenters. The number of rotatable bonds is 6. The maximum absolute atomic E-state index is 13.2. The van der Waals surface area contributed by atoms with E-state index in [4.69, 9.17) is 4.52 Å². The first kappa shape index (κ1) is 20.5. The van der Waals surface area contributed by atoms with E-state index in [1.807, 2.05) is 13.8 Å². The molecule has 3 rings (SSSR count).